The highest BCUT2D eigenvalue weighted by atomic mass is 31.2. The van der Waals surface area contributed by atoms with E-state index >= 15 is 0 Å². The van der Waals surface area contributed by atoms with Gasteiger partial charge in [-0.1, -0.05) is 48.0 Å². The standard InChI is InChI=1S/C24H48N3O6P/c1-10-31-34(30,32-11-2)22(25-21(15-28)24(7,8)9)18(6)26-27-23(29)33-20-14-17(5)12-13-19(20)16(3)4/h16-17,19-22,25,28H,10-15H2,1-9H3,(H,27,29)/b26-18+/t17-,19+,20-,21-,22?/m1/s1. The molecule has 1 aliphatic carbocycles. The van der Waals surface area contributed by atoms with Crippen molar-refractivity contribution in [1.82, 2.24) is 10.7 Å². The van der Waals surface area contributed by atoms with E-state index < -0.39 is 25.5 Å². The Balaban J connectivity index is 3.08. The second-order valence-corrected chi connectivity index (χ2v) is 12.8. The number of nitrogens with one attached hydrogen (secondary N) is 2. The first-order chi connectivity index (χ1) is 15.8. The molecular weight excluding hydrogens is 457 g/mol. The quantitative estimate of drug-likeness (QED) is 0.191. The SMILES string of the molecule is CCOP(=O)(OCC)C(N[C@H](CO)C(C)(C)C)/C(C)=N/NC(=O)O[C@@H]1C[C@H](C)CC[C@H]1C(C)C. The van der Waals surface area contributed by atoms with Crippen LogP contribution in [0.2, 0.25) is 0 Å². The minimum atomic E-state index is -3.69. The normalized spacial score (nSPS) is 24.1. The molecule has 0 aromatic carbocycles. The van der Waals surface area contributed by atoms with E-state index in [9.17, 15) is 14.5 Å². The number of carbonyl (C=O) groups is 1. The maximum absolute atomic E-state index is 13.6. The third-order valence-electron chi connectivity index (χ3n) is 6.46. The van der Waals surface area contributed by atoms with Crippen LogP contribution in [-0.2, 0) is 18.3 Å². The fraction of sp³-hybridized carbons (Fsp3) is 0.917. The molecule has 1 fully saturated rings. The van der Waals surface area contributed by atoms with Crippen LogP contribution in [0, 0.1) is 23.2 Å². The maximum Gasteiger partial charge on any atom is 0.428 e. The summed E-state index contributed by atoms with van der Waals surface area (Å²) in [5.41, 5.74) is 2.43. The Labute approximate surface area is 206 Å². The van der Waals surface area contributed by atoms with Crippen LogP contribution in [0.5, 0.6) is 0 Å². The largest absolute Gasteiger partial charge is 0.445 e. The number of nitrogens with zero attached hydrogens (tertiary/aromatic N) is 1. The zero-order chi connectivity index (χ0) is 26.1. The molecule has 0 aliphatic heterocycles. The van der Waals surface area contributed by atoms with Crippen molar-refractivity contribution in [3.05, 3.63) is 0 Å². The van der Waals surface area contributed by atoms with E-state index in [-0.39, 0.29) is 31.3 Å². The molecule has 200 valence electrons. The van der Waals surface area contributed by atoms with Gasteiger partial charge in [-0.25, -0.2) is 10.2 Å². The molecule has 3 N–H and O–H groups in total. The van der Waals surface area contributed by atoms with Gasteiger partial charge in [-0.3, -0.25) is 9.88 Å². The number of hydrogen-bond donors (Lipinski definition) is 3. The summed E-state index contributed by atoms with van der Waals surface area (Å²) in [5, 5.41) is 17.3. The lowest BCUT2D eigenvalue weighted by molar-refractivity contribution is 0.00630. The van der Waals surface area contributed by atoms with Gasteiger partial charge in [0.25, 0.3) is 0 Å². The monoisotopic (exact) mass is 505 g/mol. The number of rotatable bonds is 12. The van der Waals surface area contributed by atoms with E-state index in [0.29, 0.717) is 23.5 Å². The van der Waals surface area contributed by atoms with E-state index in [1.807, 2.05) is 20.8 Å². The molecule has 1 rings (SSSR count). The molecular formula is C24H48N3O6P. The summed E-state index contributed by atoms with van der Waals surface area (Å²) in [4.78, 5) is 12.6. The van der Waals surface area contributed by atoms with E-state index in [2.05, 4.69) is 36.6 Å². The number of ether oxygens (including phenoxy) is 1. The topological polar surface area (TPSA) is 118 Å². The van der Waals surface area contributed by atoms with Crippen molar-refractivity contribution >= 4 is 19.4 Å². The first-order valence-corrected chi connectivity index (χ1v) is 14.2. The van der Waals surface area contributed by atoms with Crippen molar-refractivity contribution in [1.29, 1.82) is 0 Å². The lowest BCUT2D eigenvalue weighted by atomic mass is 9.75. The average Bonchev–Trinajstić information content (AvgIpc) is 2.71. The third kappa shape index (κ3) is 9.23. The van der Waals surface area contributed by atoms with Gasteiger partial charge >= 0.3 is 13.7 Å². The summed E-state index contributed by atoms with van der Waals surface area (Å²) in [6.45, 7) is 17.6. The predicted octanol–water partition coefficient (Wildman–Crippen LogP) is 5.14. The molecule has 0 aromatic heterocycles. The molecule has 1 aliphatic rings. The molecule has 9 nitrogen and oxygen atoms in total. The van der Waals surface area contributed by atoms with Gasteiger partial charge in [0.2, 0.25) is 0 Å². The van der Waals surface area contributed by atoms with Gasteiger partial charge in [-0.15, -0.1) is 0 Å². The predicted molar refractivity (Wildman–Crippen MR) is 136 cm³/mol. The Morgan fingerprint density at radius 2 is 1.76 bits per heavy atom. The maximum atomic E-state index is 13.6. The Morgan fingerprint density at radius 1 is 1.18 bits per heavy atom. The molecule has 1 saturated carbocycles. The van der Waals surface area contributed by atoms with Gasteiger partial charge in [-0.2, -0.15) is 5.10 Å². The third-order valence-corrected chi connectivity index (χ3v) is 8.85. The molecule has 0 saturated heterocycles. The van der Waals surface area contributed by atoms with Crippen LogP contribution in [0.15, 0.2) is 5.10 Å². The van der Waals surface area contributed by atoms with Gasteiger partial charge in [0, 0.05) is 6.04 Å². The highest BCUT2D eigenvalue weighted by Crippen LogP contribution is 2.53. The molecule has 0 bridgehead atoms. The minimum absolute atomic E-state index is 0.161. The molecule has 10 heteroatoms. The summed E-state index contributed by atoms with van der Waals surface area (Å²) in [6, 6.07) is -0.417. The lowest BCUT2D eigenvalue weighted by Gasteiger charge is -2.36. The Hall–Kier alpha value is -0.990. The second kappa shape index (κ2) is 13.9. The van der Waals surface area contributed by atoms with Gasteiger partial charge in [0.05, 0.1) is 25.5 Å². The number of aliphatic hydroxyl groups is 1. The van der Waals surface area contributed by atoms with Crippen LogP contribution in [0.3, 0.4) is 0 Å². The fourth-order valence-electron chi connectivity index (χ4n) is 4.36. The lowest BCUT2D eigenvalue weighted by Crippen LogP contribution is -2.51. The molecule has 0 aromatic rings. The molecule has 34 heavy (non-hydrogen) atoms. The van der Waals surface area contributed by atoms with E-state index in [1.165, 1.54) is 0 Å². The van der Waals surface area contributed by atoms with E-state index in [1.54, 1.807) is 20.8 Å². The zero-order valence-corrected chi connectivity index (χ0v) is 23.5. The van der Waals surface area contributed by atoms with Crippen molar-refractivity contribution in [2.24, 2.45) is 28.3 Å². The fourth-order valence-corrected chi connectivity index (χ4v) is 6.33. The van der Waals surface area contributed by atoms with Crippen molar-refractivity contribution in [3.8, 4) is 0 Å². The highest BCUT2D eigenvalue weighted by molar-refractivity contribution is 7.55. The molecule has 0 spiro atoms. The van der Waals surface area contributed by atoms with Crippen LogP contribution < -0.4 is 10.7 Å². The molecule has 1 amide bonds. The van der Waals surface area contributed by atoms with Gasteiger partial charge in [-0.05, 0) is 56.8 Å². The molecule has 5 atom stereocenters. The number of hydrogen-bond acceptors (Lipinski definition) is 8. The second-order valence-electron chi connectivity index (χ2n) is 10.7. The van der Waals surface area contributed by atoms with Gasteiger partial charge in [0.15, 0.2) is 5.78 Å². The van der Waals surface area contributed by atoms with E-state index in [0.717, 1.165) is 19.3 Å². The Kier molecular flexibility index (Phi) is 12.7. The first-order valence-electron chi connectivity index (χ1n) is 12.5. The van der Waals surface area contributed by atoms with Crippen LogP contribution in [-0.4, -0.2) is 54.7 Å². The van der Waals surface area contributed by atoms with Crippen LogP contribution in [0.4, 0.5) is 4.79 Å². The summed E-state index contributed by atoms with van der Waals surface area (Å²) in [7, 11) is -3.69. The van der Waals surface area contributed by atoms with E-state index in [4.69, 9.17) is 13.8 Å². The van der Waals surface area contributed by atoms with Crippen molar-refractivity contribution in [2.75, 3.05) is 19.8 Å². The number of carbonyl (C=O) groups excluding carboxylic acids is 1. The number of aliphatic hydroxyl groups excluding tert-OH is 1. The molecule has 0 radical (unpaired) electrons. The summed E-state index contributed by atoms with van der Waals surface area (Å²) in [5.74, 6) is 0.278. The van der Waals surface area contributed by atoms with Crippen LogP contribution >= 0.6 is 7.60 Å². The van der Waals surface area contributed by atoms with Gasteiger partial charge in [0.1, 0.15) is 6.10 Å². The van der Waals surface area contributed by atoms with Crippen LogP contribution in [0.1, 0.15) is 81.6 Å². The summed E-state index contributed by atoms with van der Waals surface area (Å²) >= 11 is 0. The Bertz CT molecular complexity index is 699. The van der Waals surface area contributed by atoms with Crippen molar-refractivity contribution < 1.29 is 28.3 Å². The smallest absolute Gasteiger partial charge is 0.428 e. The van der Waals surface area contributed by atoms with Crippen molar-refractivity contribution in [2.45, 2.75) is 99.5 Å². The summed E-state index contributed by atoms with van der Waals surface area (Å²) < 4.78 is 30.5. The zero-order valence-electron chi connectivity index (χ0n) is 22.6. The number of amides is 1. The highest BCUT2D eigenvalue weighted by Gasteiger charge is 2.41. The van der Waals surface area contributed by atoms with Gasteiger partial charge < -0.3 is 18.9 Å². The first kappa shape index (κ1) is 31.0. The molecule has 0 heterocycles. The van der Waals surface area contributed by atoms with Crippen LogP contribution in [0.25, 0.3) is 0 Å². The number of hydrazone groups is 1. The minimum Gasteiger partial charge on any atom is -0.445 e. The average molecular weight is 506 g/mol. The Morgan fingerprint density at radius 3 is 2.24 bits per heavy atom. The molecule has 1 unspecified atom stereocenters. The van der Waals surface area contributed by atoms with Crippen molar-refractivity contribution in [3.63, 3.8) is 0 Å². The summed E-state index contributed by atoms with van der Waals surface area (Å²) in [6.07, 6.45) is 2.20.